The highest BCUT2D eigenvalue weighted by molar-refractivity contribution is 6.22. The first-order valence-electron chi connectivity index (χ1n) is 26.2. The van der Waals surface area contributed by atoms with E-state index < -0.39 is 0 Å². The number of nitrogens with zero attached hydrogens (tertiary/aromatic N) is 4. The van der Waals surface area contributed by atoms with Gasteiger partial charge in [0.25, 0.3) is 0 Å². The number of rotatable bonds is 3. The number of aromatic nitrogens is 4. The third-order valence-electron chi connectivity index (χ3n) is 16.9. The van der Waals surface area contributed by atoms with E-state index in [1.807, 2.05) is 24.3 Å². The van der Waals surface area contributed by atoms with Crippen molar-refractivity contribution in [1.82, 2.24) is 19.5 Å². The minimum atomic E-state index is -0.0653. The first-order valence-corrected chi connectivity index (χ1v) is 26.2. The highest BCUT2D eigenvalue weighted by atomic mass is 15.2. The third kappa shape index (κ3) is 6.37. The van der Waals surface area contributed by atoms with Crippen LogP contribution >= 0.6 is 0 Å². The number of aromatic amines is 1. The Kier molecular flexibility index (Phi) is 9.35. The summed E-state index contributed by atoms with van der Waals surface area (Å²) >= 11 is 0. The predicted octanol–water partition coefficient (Wildman–Crippen LogP) is 18.2. The Labute approximate surface area is 440 Å². The van der Waals surface area contributed by atoms with Crippen LogP contribution in [-0.4, -0.2) is 19.5 Å². The number of benzene rings is 11. The van der Waals surface area contributed by atoms with Crippen LogP contribution in [0.3, 0.4) is 0 Å². The molecule has 2 aliphatic rings. The van der Waals surface area contributed by atoms with Crippen molar-refractivity contribution in [3.63, 3.8) is 0 Å². The van der Waals surface area contributed by atoms with E-state index in [0.29, 0.717) is 11.6 Å². The minimum Gasteiger partial charge on any atom is -0.354 e. The molecule has 5 heteroatoms. The lowest BCUT2D eigenvalue weighted by Gasteiger charge is -2.22. The summed E-state index contributed by atoms with van der Waals surface area (Å²) in [6, 6.07) is 80.9. The molecule has 0 saturated heterocycles. The summed E-state index contributed by atoms with van der Waals surface area (Å²) in [5.74, 6) is 0.500. The highest BCUT2D eigenvalue weighted by Gasteiger charge is 2.36. The molecule has 16 rings (SSSR count). The Morgan fingerprint density at radius 2 is 0.882 bits per heavy atom. The molecular weight excluding hydrogens is 923 g/mol. The summed E-state index contributed by atoms with van der Waals surface area (Å²) in [6.07, 6.45) is 0. The van der Waals surface area contributed by atoms with Crippen molar-refractivity contribution in [2.45, 2.75) is 38.5 Å². The van der Waals surface area contributed by atoms with Crippen LogP contribution in [-0.2, 0) is 10.8 Å². The van der Waals surface area contributed by atoms with Gasteiger partial charge in [0, 0.05) is 48.8 Å². The van der Waals surface area contributed by atoms with Crippen molar-refractivity contribution in [1.29, 1.82) is 5.26 Å². The molecule has 5 nitrogen and oxygen atoms in total. The summed E-state index contributed by atoms with van der Waals surface area (Å²) < 4.78 is 2.11. The fourth-order valence-corrected chi connectivity index (χ4v) is 13.1. The van der Waals surface area contributed by atoms with Crippen LogP contribution in [0.2, 0.25) is 0 Å². The van der Waals surface area contributed by atoms with E-state index in [9.17, 15) is 5.26 Å². The molecule has 0 unspecified atom stereocenters. The number of fused-ring (bicyclic) bond motifs is 17. The lowest BCUT2D eigenvalue weighted by molar-refractivity contribution is 0.660. The maximum atomic E-state index is 10.00. The normalized spacial score (nSPS) is 13.7. The van der Waals surface area contributed by atoms with Crippen molar-refractivity contribution in [2.75, 3.05) is 0 Å². The van der Waals surface area contributed by atoms with Gasteiger partial charge >= 0.3 is 0 Å². The maximum Gasteiger partial charge on any atom is 0.236 e. The lowest BCUT2D eigenvalue weighted by Crippen LogP contribution is -2.14. The van der Waals surface area contributed by atoms with Gasteiger partial charge in [-0.2, -0.15) is 5.26 Å². The topological polar surface area (TPSA) is 70.3 Å². The zero-order valence-corrected chi connectivity index (χ0v) is 42.6. The number of hydrogen-bond donors (Lipinski definition) is 1. The average molecular weight is 972 g/mol. The molecule has 0 aliphatic heterocycles. The van der Waals surface area contributed by atoms with Gasteiger partial charge < -0.3 is 4.98 Å². The van der Waals surface area contributed by atoms with Gasteiger partial charge in [-0.1, -0.05) is 185 Å². The van der Waals surface area contributed by atoms with Crippen LogP contribution in [0.15, 0.2) is 218 Å². The first-order chi connectivity index (χ1) is 37.1. The van der Waals surface area contributed by atoms with Crippen LogP contribution in [0.1, 0.15) is 55.6 Å². The maximum absolute atomic E-state index is 10.00. The Morgan fingerprint density at radius 3 is 1.54 bits per heavy atom. The second-order valence-corrected chi connectivity index (χ2v) is 21.7. The predicted molar refractivity (Wildman–Crippen MR) is 315 cm³/mol. The van der Waals surface area contributed by atoms with Gasteiger partial charge in [-0.15, -0.1) is 0 Å². The number of para-hydroxylation sites is 1. The van der Waals surface area contributed by atoms with Gasteiger partial charge in [0.1, 0.15) is 6.07 Å². The fourth-order valence-electron chi connectivity index (χ4n) is 13.1. The Bertz CT molecular complexity index is 4850. The monoisotopic (exact) mass is 971 g/mol. The van der Waals surface area contributed by atoms with E-state index in [2.05, 4.69) is 237 Å². The fraction of sp³-hybridized carbons (Fsp3) is 0.0845. The molecule has 2 aliphatic carbocycles. The van der Waals surface area contributed by atoms with Crippen LogP contribution in [0, 0.1) is 11.3 Å². The summed E-state index contributed by atoms with van der Waals surface area (Å²) in [7, 11) is 0. The van der Waals surface area contributed by atoms with Gasteiger partial charge in [-0.05, 0) is 149 Å². The second-order valence-electron chi connectivity index (χ2n) is 21.7. The quantitative estimate of drug-likeness (QED) is 0.192. The number of H-pyrrole nitrogens is 1. The van der Waals surface area contributed by atoms with E-state index in [-0.39, 0.29) is 10.8 Å². The molecule has 0 fully saturated rings. The van der Waals surface area contributed by atoms with E-state index in [1.165, 1.54) is 105 Å². The van der Waals surface area contributed by atoms with Crippen LogP contribution in [0.25, 0.3) is 127 Å². The molecule has 0 spiro atoms. The van der Waals surface area contributed by atoms with Crippen molar-refractivity contribution < 1.29 is 0 Å². The standard InChI is InChI=1S/C40H26N4.C31H23N/c1-40(2)32-13-7-5-11-28(32)29-18-15-26(22-33(29)40)25-17-19-36-31(21-25)38-27-10-4-3-9-24(27)16-20-37(38)44(36)39-42-34-14-8-6-12-30(34)35(23-41)43-39;1-31(2)26-10-6-5-9-23(26)24-14-11-21(18-27(24)31)20-13-15-28-25(17-20)30-22-8-4-3-7-19(22)12-16-29(30)32-28/h3-22H,1-2H3;3-18,32H,1-2H3. The summed E-state index contributed by atoms with van der Waals surface area (Å²) in [6.45, 7) is 9.33. The van der Waals surface area contributed by atoms with Gasteiger partial charge in [-0.25, -0.2) is 9.97 Å². The molecular formula is C71H49N5. The largest absolute Gasteiger partial charge is 0.354 e. The average Bonchev–Trinajstić information content (AvgIpc) is 4.16. The van der Waals surface area contributed by atoms with Crippen molar-refractivity contribution in [2.24, 2.45) is 0 Å². The SMILES string of the molecule is CC1(C)c2ccccc2-c2ccc(-c3ccc4[nH]c5ccc6ccccc6c5c4c3)cc21.CC1(C)c2ccccc2-c2ccc(-c3ccc4c(c3)c3c5ccccc5ccc3n4-c3nc(C#N)c4ccccc4n3)cc21. The number of nitrogens with one attached hydrogen (secondary N) is 1. The van der Waals surface area contributed by atoms with Crippen molar-refractivity contribution in [3.05, 3.63) is 246 Å². The molecule has 11 aromatic carbocycles. The van der Waals surface area contributed by atoms with Crippen molar-refractivity contribution in [3.8, 4) is 56.5 Å². The molecule has 0 saturated carbocycles. The van der Waals surface area contributed by atoms with Crippen molar-refractivity contribution >= 4 is 76.1 Å². The van der Waals surface area contributed by atoms with Gasteiger partial charge in [-0.3, -0.25) is 4.57 Å². The van der Waals surface area contributed by atoms with Crippen LogP contribution in [0.5, 0.6) is 0 Å². The smallest absolute Gasteiger partial charge is 0.236 e. The third-order valence-corrected chi connectivity index (χ3v) is 16.9. The Morgan fingerprint density at radius 1 is 0.395 bits per heavy atom. The van der Waals surface area contributed by atoms with Gasteiger partial charge in [0.15, 0.2) is 5.69 Å². The molecule has 3 heterocycles. The minimum absolute atomic E-state index is 0.0169. The van der Waals surface area contributed by atoms with E-state index in [4.69, 9.17) is 9.97 Å². The van der Waals surface area contributed by atoms with E-state index >= 15 is 0 Å². The molecule has 0 atom stereocenters. The zero-order valence-electron chi connectivity index (χ0n) is 42.6. The molecule has 14 aromatic rings. The Balaban J connectivity index is 0.000000140. The number of nitriles is 1. The van der Waals surface area contributed by atoms with E-state index in [0.717, 1.165) is 38.3 Å². The summed E-state index contributed by atoms with van der Waals surface area (Å²) in [5.41, 5.74) is 21.4. The first kappa shape index (κ1) is 43.9. The van der Waals surface area contributed by atoms with Crippen LogP contribution in [0.4, 0.5) is 0 Å². The van der Waals surface area contributed by atoms with E-state index in [1.54, 1.807) is 0 Å². The molecule has 0 bridgehead atoms. The van der Waals surface area contributed by atoms with Gasteiger partial charge in [0.05, 0.1) is 16.6 Å². The molecule has 1 N–H and O–H groups in total. The molecule has 3 aromatic heterocycles. The summed E-state index contributed by atoms with van der Waals surface area (Å²) in [5, 5.41) is 20.6. The molecule has 76 heavy (non-hydrogen) atoms. The highest BCUT2D eigenvalue weighted by Crippen LogP contribution is 2.51. The second kappa shape index (κ2) is 16.2. The number of hydrogen-bond acceptors (Lipinski definition) is 3. The van der Waals surface area contributed by atoms with Gasteiger partial charge in [0.2, 0.25) is 5.95 Å². The lowest BCUT2D eigenvalue weighted by atomic mass is 9.81. The molecule has 0 radical (unpaired) electrons. The Hall–Kier alpha value is -9.63. The summed E-state index contributed by atoms with van der Waals surface area (Å²) in [4.78, 5) is 13.4. The molecule has 0 amide bonds. The molecule has 358 valence electrons. The zero-order chi connectivity index (χ0) is 51.0. The van der Waals surface area contributed by atoms with Crippen LogP contribution < -0.4 is 0 Å².